The number of aryl methyl sites for hydroxylation is 2. The molecule has 0 aliphatic rings. The van der Waals surface area contributed by atoms with Crippen LogP contribution in [0.2, 0.25) is 0 Å². The summed E-state index contributed by atoms with van der Waals surface area (Å²) >= 11 is 0. The monoisotopic (exact) mass is 298 g/mol. The van der Waals surface area contributed by atoms with Gasteiger partial charge in [-0.1, -0.05) is 12.1 Å². The number of nitrogens with one attached hydrogen (secondary N) is 2. The lowest BCUT2D eigenvalue weighted by atomic mass is 10.2. The molecule has 0 unspecified atom stereocenters. The van der Waals surface area contributed by atoms with Crippen molar-refractivity contribution in [1.29, 1.82) is 0 Å². The minimum Gasteiger partial charge on any atom is -0.397 e. The van der Waals surface area contributed by atoms with E-state index in [0.717, 1.165) is 48.7 Å². The van der Waals surface area contributed by atoms with Gasteiger partial charge in [0.1, 0.15) is 0 Å². The van der Waals surface area contributed by atoms with Crippen LogP contribution >= 0.6 is 0 Å². The van der Waals surface area contributed by atoms with E-state index < -0.39 is 0 Å². The molecule has 0 heterocycles. The molecule has 22 heavy (non-hydrogen) atoms. The van der Waals surface area contributed by atoms with Crippen molar-refractivity contribution in [3.05, 3.63) is 47.5 Å². The number of nitrogens with two attached hydrogens (primary N) is 2. The highest BCUT2D eigenvalue weighted by Crippen LogP contribution is 2.20. The summed E-state index contributed by atoms with van der Waals surface area (Å²) in [5.74, 6) is 0. The van der Waals surface area contributed by atoms with E-state index in [0.29, 0.717) is 0 Å². The van der Waals surface area contributed by atoms with Crippen molar-refractivity contribution in [3.8, 4) is 0 Å². The van der Waals surface area contributed by atoms with Crippen molar-refractivity contribution >= 4 is 22.7 Å². The maximum absolute atomic E-state index is 5.98. The Hall–Kier alpha value is -2.36. The highest BCUT2D eigenvalue weighted by Gasteiger charge is 2.00. The van der Waals surface area contributed by atoms with Crippen LogP contribution in [0.4, 0.5) is 22.7 Å². The van der Waals surface area contributed by atoms with E-state index in [9.17, 15) is 0 Å². The molecular weight excluding hydrogens is 272 g/mol. The fourth-order valence-corrected chi connectivity index (χ4v) is 2.38. The highest BCUT2D eigenvalue weighted by molar-refractivity contribution is 5.67. The average molecular weight is 298 g/mol. The van der Waals surface area contributed by atoms with Gasteiger partial charge < -0.3 is 22.1 Å². The molecular formula is C18H26N4. The molecule has 0 saturated carbocycles. The minimum absolute atomic E-state index is 0.811. The molecule has 0 fully saturated rings. The molecule has 0 spiro atoms. The molecule has 0 atom stereocenters. The summed E-state index contributed by atoms with van der Waals surface area (Å²) in [6, 6.07) is 12.2. The molecule has 0 radical (unpaired) electrons. The molecule has 118 valence electrons. The molecule has 2 aromatic carbocycles. The summed E-state index contributed by atoms with van der Waals surface area (Å²) < 4.78 is 0. The fraction of sp³-hybridized carbons (Fsp3) is 0.333. The molecule has 4 nitrogen and oxygen atoms in total. The molecule has 0 aromatic heterocycles. The van der Waals surface area contributed by atoms with Crippen molar-refractivity contribution < 1.29 is 0 Å². The first-order chi connectivity index (χ1) is 10.6. The average Bonchev–Trinajstić information content (AvgIpc) is 2.46. The third-order valence-electron chi connectivity index (χ3n) is 3.65. The summed E-state index contributed by atoms with van der Waals surface area (Å²) in [5.41, 5.74) is 18.0. The van der Waals surface area contributed by atoms with Crippen LogP contribution in [-0.4, -0.2) is 13.1 Å². The second-order valence-electron chi connectivity index (χ2n) is 5.74. The first kappa shape index (κ1) is 16.0. The van der Waals surface area contributed by atoms with Crippen molar-refractivity contribution in [2.75, 3.05) is 35.2 Å². The molecule has 0 amide bonds. The number of anilines is 4. The van der Waals surface area contributed by atoms with Gasteiger partial charge >= 0.3 is 0 Å². The normalized spacial score (nSPS) is 10.5. The molecule has 2 aromatic rings. The maximum Gasteiger partial charge on any atom is 0.0574 e. The van der Waals surface area contributed by atoms with Gasteiger partial charge in [0.25, 0.3) is 0 Å². The third kappa shape index (κ3) is 4.58. The van der Waals surface area contributed by atoms with Crippen LogP contribution in [0.15, 0.2) is 36.4 Å². The van der Waals surface area contributed by atoms with Gasteiger partial charge in [-0.05, 0) is 62.1 Å². The van der Waals surface area contributed by atoms with Gasteiger partial charge in [0.05, 0.1) is 22.7 Å². The molecule has 0 bridgehead atoms. The summed E-state index contributed by atoms with van der Waals surface area (Å²) in [6.07, 6.45) is 2.15. The van der Waals surface area contributed by atoms with E-state index in [1.54, 1.807) is 0 Å². The van der Waals surface area contributed by atoms with Crippen molar-refractivity contribution in [2.24, 2.45) is 0 Å². The predicted octanol–water partition coefficient (Wildman–Crippen LogP) is 3.77. The SMILES string of the molecule is Cc1ccc(NCCCCNc2ccc(C)cc2N)c(N)c1. The van der Waals surface area contributed by atoms with Gasteiger partial charge in [0.15, 0.2) is 0 Å². The van der Waals surface area contributed by atoms with Gasteiger partial charge in [0, 0.05) is 13.1 Å². The number of hydrogen-bond acceptors (Lipinski definition) is 4. The number of hydrogen-bond donors (Lipinski definition) is 4. The van der Waals surface area contributed by atoms with Crippen LogP contribution in [0, 0.1) is 13.8 Å². The standard InChI is InChI=1S/C18H26N4/c1-13-5-7-17(15(19)11-13)21-9-3-4-10-22-18-8-6-14(2)12-16(18)20/h5-8,11-12,21-22H,3-4,9-10,19-20H2,1-2H3. The van der Waals surface area contributed by atoms with Crippen LogP contribution in [0.1, 0.15) is 24.0 Å². The number of rotatable bonds is 7. The van der Waals surface area contributed by atoms with Gasteiger partial charge in [0.2, 0.25) is 0 Å². The number of unbranched alkanes of at least 4 members (excludes halogenated alkanes) is 1. The second-order valence-corrected chi connectivity index (χ2v) is 5.74. The lowest BCUT2D eigenvalue weighted by Gasteiger charge is -2.11. The van der Waals surface area contributed by atoms with Crippen LogP contribution < -0.4 is 22.1 Å². The largest absolute Gasteiger partial charge is 0.397 e. The lowest BCUT2D eigenvalue weighted by molar-refractivity contribution is 0.796. The quantitative estimate of drug-likeness (QED) is 0.463. The summed E-state index contributed by atoms with van der Waals surface area (Å²) in [5, 5.41) is 6.76. The number of benzene rings is 2. The molecule has 6 N–H and O–H groups in total. The Bertz CT molecular complexity index is 567. The highest BCUT2D eigenvalue weighted by atomic mass is 14.9. The van der Waals surface area contributed by atoms with Crippen molar-refractivity contribution in [2.45, 2.75) is 26.7 Å². The molecule has 0 aliphatic heterocycles. The Morgan fingerprint density at radius 2 is 1.14 bits per heavy atom. The zero-order valence-corrected chi connectivity index (χ0v) is 13.4. The van der Waals surface area contributed by atoms with E-state index in [1.165, 1.54) is 11.1 Å². The summed E-state index contributed by atoms with van der Waals surface area (Å²) in [6.45, 7) is 5.92. The maximum atomic E-state index is 5.98. The van der Waals surface area contributed by atoms with Crippen LogP contribution in [-0.2, 0) is 0 Å². The van der Waals surface area contributed by atoms with E-state index in [4.69, 9.17) is 11.5 Å². The molecule has 0 aliphatic carbocycles. The predicted molar refractivity (Wildman–Crippen MR) is 97.4 cm³/mol. The molecule has 4 heteroatoms. The van der Waals surface area contributed by atoms with Crippen molar-refractivity contribution in [1.82, 2.24) is 0 Å². The molecule has 0 saturated heterocycles. The second kappa shape index (κ2) is 7.59. The Kier molecular flexibility index (Phi) is 5.53. The number of nitrogen functional groups attached to an aromatic ring is 2. The summed E-state index contributed by atoms with van der Waals surface area (Å²) in [4.78, 5) is 0. The third-order valence-corrected chi connectivity index (χ3v) is 3.65. The Balaban J connectivity index is 1.67. The van der Waals surface area contributed by atoms with Gasteiger partial charge in [-0.25, -0.2) is 0 Å². The van der Waals surface area contributed by atoms with E-state index in [1.807, 2.05) is 38.1 Å². The van der Waals surface area contributed by atoms with E-state index in [-0.39, 0.29) is 0 Å². The molecule has 2 rings (SSSR count). The minimum atomic E-state index is 0.811. The Morgan fingerprint density at radius 1 is 0.727 bits per heavy atom. The van der Waals surface area contributed by atoms with Gasteiger partial charge in [-0.3, -0.25) is 0 Å². The topological polar surface area (TPSA) is 76.1 Å². The van der Waals surface area contributed by atoms with E-state index in [2.05, 4.69) is 22.8 Å². The zero-order valence-electron chi connectivity index (χ0n) is 13.4. The van der Waals surface area contributed by atoms with Gasteiger partial charge in [-0.2, -0.15) is 0 Å². The van der Waals surface area contributed by atoms with Crippen LogP contribution in [0.5, 0.6) is 0 Å². The van der Waals surface area contributed by atoms with E-state index >= 15 is 0 Å². The van der Waals surface area contributed by atoms with Gasteiger partial charge in [-0.15, -0.1) is 0 Å². The van der Waals surface area contributed by atoms with Crippen LogP contribution in [0.25, 0.3) is 0 Å². The zero-order chi connectivity index (χ0) is 15.9. The van der Waals surface area contributed by atoms with Crippen molar-refractivity contribution in [3.63, 3.8) is 0 Å². The smallest absolute Gasteiger partial charge is 0.0574 e. The fourth-order valence-electron chi connectivity index (χ4n) is 2.38. The Labute approximate surface area is 132 Å². The first-order valence-corrected chi connectivity index (χ1v) is 7.76. The lowest BCUT2D eigenvalue weighted by Crippen LogP contribution is -2.08. The summed E-state index contributed by atoms with van der Waals surface area (Å²) in [7, 11) is 0. The Morgan fingerprint density at radius 3 is 1.50 bits per heavy atom. The first-order valence-electron chi connectivity index (χ1n) is 7.76. The van der Waals surface area contributed by atoms with Crippen LogP contribution in [0.3, 0.4) is 0 Å².